The van der Waals surface area contributed by atoms with E-state index in [4.69, 9.17) is 0 Å². The number of nitrogens with one attached hydrogen (secondary N) is 1. The van der Waals surface area contributed by atoms with Crippen molar-refractivity contribution in [2.45, 2.75) is 57.7 Å². The predicted octanol–water partition coefficient (Wildman–Crippen LogP) is 1.54. The standard InChI is InChI=1S/C14H29N3/c1-12(15-3)13(2)16-8-10-17(11-9-16)14-6-4-5-7-14/h12-15H,4-11H2,1-3H3. The fourth-order valence-corrected chi connectivity index (χ4v) is 3.34. The van der Waals surface area contributed by atoms with E-state index in [1.807, 2.05) is 0 Å². The average molecular weight is 239 g/mol. The summed E-state index contributed by atoms with van der Waals surface area (Å²) in [6.07, 6.45) is 5.81. The summed E-state index contributed by atoms with van der Waals surface area (Å²) in [5.74, 6) is 0. The van der Waals surface area contributed by atoms with Crippen LogP contribution in [0.15, 0.2) is 0 Å². The predicted molar refractivity (Wildman–Crippen MR) is 73.4 cm³/mol. The molecule has 0 aromatic carbocycles. The van der Waals surface area contributed by atoms with E-state index in [2.05, 4.69) is 36.0 Å². The van der Waals surface area contributed by atoms with Gasteiger partial charge in [-0.2, -0.15) is 0 Å². The van der Waals surface area contributed by atoms with Gasteiger partial charge in [0.2, 0.25) is 0 Å². The molecule has 1 aliphatic heterocycles. The summed E-state index contributed by atoms with van der Waals surface area (Å²) in [4.78, 5) is 5.38. The van der Waals surface area contributed by atoms with E-state index < -0.39 is 0 Å². The number of likely N-dealkylation sites (N-methyl/N-ethyl adjacent to an activating group) is 1. The van der Waals surface area contributed by atoms with E-state index >= 15 is 0 Å². The van der Waals surface area contributed by atoms with E-state index in [9.17, 15) is 0 Å². The highest BCUT2D eigenvalue weighted by atomic mass is 15.3. The number of nitrogens with zero attached hydrogens (tertiary/aromatic N) is 2. The molecule has 0 aromatic rings. The molecule has 0 spiro atoms. The smallest absolute Gasteiger partial charge is 0.0219 e. The van der Waals surface area contributed by atoms with Crippen molar-refractivity contribution in [3.8, 4) is 0 Å². The zero-order chi connectivity index (χ0) is 12.3. The third-order valence-corrected chi connectivity index (χ3v) is 4.94. The van der Waals surface area contributed by atoms with Gasteiger partial charge in [-0.05, 0) is 33.7 Å². The monoisotopic (exact) mass is 239 g/mol. The second-order valence-electron chi connectivity index (χ2n) is 5.83. The first-order chi connectivity index (χ1) is 8.22. The van der Waals surface area contributed by atoms with E-state index in [-0.39, 0.29) is 0 Å². The average Bonchev–Trinajstić information content (AvgIpc) is 2.91. The second kappa shape index (κ2) is 6.17. The quantitative estimate of drug-likeness (QED) is 0.803. The molecule has 2 unspecified atom stereocenters. The van der Waals surface area contributed by atoms with Gasteiger partial charge in [0, 0.05) is 44.3 Å². The van der Waals surface area contributed by atoms with Crippen LogP contribution in [0.25, 0.3) is 0 Å². The highest BCUT2D eigenvalue weighted by molar-refractivity contribution is 4.85. The third-order valence-electron chi connectivity index (χ3n) is 4.94. The Morgan fingerprint density at radius 2 is 1.59 bits per heavy atom. The summed E-state index contributed by atoms with van der Waals surface area (Å²) in [7, 11) is 2.07. The minimum Gasteiger partial charge on any atom is -0.316 e. The summed E-state index contributed by atoms with van der Waals surface area (Å²) in [5.41, 5.74) is 0. The van der Waals surface area contributed by atoms with Crippen LogP contribution in [-0.4, -0.2) is 61.2 Å². The first kappa shape index (κ1) is 13.3. The summed E-state index contributed by atoms with van der Waals surface area (Å²) >= 11 is 0. The molecule has 2 fully saturated rings. The molecule has 0 amide bonds. The molecule has 1 saturated heterocycles. The van der Waals surface area contributed by atoms with Crippen LogP contribution in [-0.2, 0) is 0 Å². The molecule has 2 rings (SSSR count). The van der Waals surface area contributed by atoms with Crippen LogP contribution >= 0.6 is 0 Å². The lowest BCUT2D eigenvalue weighted by Gasteiger charge is -2.42. The van der Waals surface area contributed by atoms with Crippen LogP contribution in [0.3, 0.4) is 0 Å². The number of hydrogen-bond acceptors (Lipinski definition) is 3. The molecule has 1 N–H and O–H groups in total. The first-order valence-corrected chi connectivity index (χ1v) is 7.37. The minimum atomic E-state index is 0.591. The Balaban J connectivity index is 1.77. The van der Waals surface area contributed by atoms with Gasteiger partial charge in [-0.25, -0.2) is 0 Å². The normalized spacial score (nSPS) is 28.4. The Kier molecular flexibility index (Phi) is 4.83. The van der Waals surface area contributed by atoms with Crippen molar-refractivity contribution in [2.24, 2.45) is 0 Å². The van der Waals surface area contributed by atoms with Gasteiger partial charge in [-0.3, -0.25) is 9.80 Å². The molecular formula is C14H29N3. The zero-order valence-electron chi connectivity index (χ0n) is 11.8. The van der Waals surface area contributed by atoms with Gasteiger partial charge >= 0.3 is 0 Å². The van der Waals surface area contributed by atoms with Crippen molar-refractivity contribution in [1.29, 1.82) is 0 Å². The molecular weight excluding hydrogens is 210 g/mol. The van der Waals surface area contributed by atoms with Gasteiger partial charge in [0.25, 0.3) is 0 Å². The van der Waals surface area contributed by atoms with Gasteiger partial charge < -0.3 is 5.32 Å². The van der Waals surface area contributed by atoms with Gasteiger partial charge in [0.15, 0.2) is 0 Å². The van der Waals surface area contributed by atoms with Crippen molar-refractivity contribution < 1.29 is 0 Å². The van der Waals surface area contributed by atoms with Gasteiger partial charge in [-0.1, -0.05) is 12.8 Å². The van der Waals surface area contributed by atoms with Gasteiger partial charge in [-0.15, -0.1) is 0 Å². The minimum absolute atomic E-state index is 0.591. The summed E-state index contributed by atoms with van der Waals surface area (Å²) in [6, 6.07) is 2.16. The molecule has 2 aliphatic rings. The molecule has 0 aromatic heterocycles. The molecule has 1 saturated carbocycles. The molecule has 3 heteroatoms. The lowest BCUT2D eigenvalue weighted by molar-refractivity contribution is 0.0661. The van der Waals surface area contributed by atoms with E-state index in [1.165, 1.54) is 51.9 Å². The van der Waals surface area contributed by atoms with E-state index in [1.54, 1.807) is 0 Å². The fraction of sp³-hybridized carbons (Fsp3) is 1.00. The second-order valence-corrected chi connectivity index (χ2v) is 5.83. The Labute approximate surface area is 107 Å². The van der Waals surface area contributed by atoms with Crippen molar-refractivity contribution in [2.75, 3.05) is 33.2 Å². The molecule has 1 heterocycles. The number of piperazine rings is 1. The van der Waals surface area contributed by atoms with Crippen LogP contribution in [0.5, 0.6) is 0 Å². The zero-order valence-corrected chi connectivity index (χ0v) is 11.8. The maximum absolute atomic E-state index is 3.37. The lowest BCUT2D eigenvalue weighted by Crippen LogP contribution is -2.55. The Morgan fingerprint density at radius 3 is 2.12 bits per heavy atom. The highest BCUT2D eigenvalue weighted by Crippen LogP contribution is 2.24. The topological polar surface area (TPSA) is 18.5 Å². The molecule has 0 radical (unpaired) electrons. The lowest BCUT2D eigenvalue weighted by atomic mass is 10.1. The van der Waals surface area contributed by atoms with Crippen LogP contribution in [0, 0.1) is 0 Å². The van der Waals surface area contributed by atoms with E-state index in [0.29, 0.717) is 12.1 Å². The van der Waals surface area contributed by atoms with Gasteiger partial charge in [0.05, 0.1) is 0 Å². The molecule has 17 heavy (non-hydrogen) atoms. The van der Waals surface area contributed by atoms with Crippen molar-refractivity contribution >= 4 is 0 Å². The van der Waals surface area contributed by atoms with Crippen LogP contribution in [0.1, 0.15) is 39.5 Å². The highest BCUT2D eigenvalue weighted by Gasteiger charge is 2.28. The molecule has 2 atom stereocenters. The summed E-state index contributed by atoms with van der Waals surface area (Å²) in [5, 5.41) is 3.37. The Hall–Kier alpha value is -0.120. The maximum Gasteiger partial charge on any atom is 0.0219 e. The number of hydrogen-bond donors (Lipinski definition) is 1. The van der Waals surface area contributed by atoms with Gasteiger partial charge in [0.1, 0.15) is 0 Å². The molecule has 100 valence electrons. The SMILES string of the molecule is CNC(C)C(C)N1CCN(C2CCCC2)CC1. The number of rotatable bonds is 4. The molecule has 0 bridgehead atoms. The molecule has 3 nitrogen and oxygen atoms in total. The maximum atomic E-state index is 3.37. The summed E-state index contributed by atoms with van der Waals surface area (Å²) in [6.45, 7) is 9.71. The van der Waals surface area contributed by atoms with Crippen molar-refractivity contribution in [3.05, 3.63) is 0 Å². The summed E-state index contributed by atoms with van der Waals surface area (Å²) < 4.78 is 0. The van der Waals surface area contributed by atoms with Crippen LogP contribution < -0.4 is 5.32 Å². The van der Waals surface area contributed by atoms with Crippen LogP contribution in [0.4, 0.5) is 0 Å². The third kappa shape index (κ3) is 3.21. The Morgan fingerprint density at radius 1 is 1.00 bits per heavy atom. The Bertz CT molecular complexity index is 218. The van der Waals surface area contributed by atoms with Crippen molar-refractivity contribution in [3.63, 3.8) is 0 Å². The van der Waals surface area contributed by atoms with Crippen LogP contribution in [0.2, 0.25) is 0 Å². The first-order valence-electron chi connectivity index (χ1n) is 7.37. The fourth-order valence-electron chi connectivity index (χ4n) is 3.34. The molecule has 1 aliphatic carbocycles. The van der Waals surface area contributed by atoms with E-state index in [0.717, 1.165) is 6.04 Å². The van der Waals surface area contributed by atoms with Crippen molar-refractivity contribution in [1.82, 2.24) is 15.1 Å². The largest absolute Gasteiger partial charge is 0.316 e.